The van der Waals surface area contributed by atoms with Crippen molar-refractivity contribution < 1.29 is 0 Å². The Morgan fingerprint density at radius 2 is 2.10 bits per heavy atom. The first-order valence-electron chi connectivity index (χ1n) is 7.46. The van der Waals surface area contributed by atoms with Crippen molar-refractivity contribution in [1.82, 2.24) is 19.9 Å². The van der Waals surface area contributed by atoms with Crippen LogP contribution in [0, 0.1) is 5.92 Å². The monoisotopic (exact) mass is 274 g/mol. The summed E-state index contributed by atoms with van der Waals surface area (Å²) in [7, 11) is 0. The molecule has 0 radical (unpaired) electrons. The highest BCUT2D eigenvalue weighted by atomic mass is 16.1. The molecule has 2 N–H and O–H groups in total. The predicted octanol–water partition coefficient (Wildman–Crippen LogP) is 1.69. The number of rotatable bonds is 3. The third kappa shape index (κ3) is 2.63. The van der Waals surface area contributed by atoms with Crippen LogP contribution in [-0.2, 0) is 6.42 Å². The Morgan fingerprint density at radius 1 is 1.35 bits per heavy atom. The Bertz CT molecular complexity index is 649. The molecule has 2 aromatic rings. The van der Waals surface area contributed by atoms with E-state index >= 15 is 0 Å². The molecule has 108 valence electrons. The molecule has 1 aliphatic heterocycles. The zero-order valence-electron chi connectivity index (χ0n) is 12.1. The molecule has 3 heterocycles. The van der Waals surface area contributed by atoms with Crippen molar-refractivity contribution in [3.63, 3.8) is 0 Å². The Kier molecular flexibility index (Phi) is 3.61. The molecule has 0 aromatic carbocycles. The number of H-pyrrole nitrogens is 1. The zero-order valence-corrected chi connectivity index (χ0v) is 12.1. The molecule has 0 unspecified atom stereocenters. The van der Waals surface area contributed by atoms with Gasteiger partial charge in [-0.2, -0.15) is 0 Å². The maximum Gasteiger partial charge on any atom is 0.272 e. The van der Waals surface area contributed by atoms with Crippen molar-refractivity contribution in [2.24, 2.45) is 5.92 Å². The minimum atomic E-state index is -0.00849. The van der Waals surface area contributed by atoms with E-state index in [1.807, 2.05) is 6.07 Å². The fourth-order valence-electron chi connectivity index (χ4n) is 2.84. The van der Waals surface area contributed by atoms with Gasteiger partial charge in [0.1, 0.15) is 0 Å². The van der Waals surface area contributed by atoms with E-state index in [0.717, 1.165) is 36.5 Å². The van der Waals surface area contributed by atoms with Gasteiger partial charge >= 0.3 is 0 Å². The molecule has 1 aliphatic rings. The molecule has 20 heavy (non-hydrogen) atoms. The Hall–Kier alpha value is -1.62. The van der Waals surface area contributed by atoms with Crippen LogP contribution in [-0.4, -0.2) is 27.7 Å². The van der Waals surface area contributed by atoms with Crippen molar-refractivity contribution in [2.75, 3.05) is 13.1 Å². The first kappa shape index (κ1) is 13.4. The lowest BCUT2D eigenvalue weighted by atomic mass is 9.93. The Morgan fingerprint density at radius 3 is 2.80 bits per heavy atom. The lowest BCUT2D eigenvalue weighted by Gasteiger charge is -2.21. The standard InChI is InChI=1S/C15H22N4O/c1-10(2)13-9-14-17-12(8-15(20)19(14)18-13)7-11-3-5-16-6-4-11/h8-11,16,18H,3-7H2,1-2H3. The smallest absolute Gasteiger partial charge is 0.272 e. The van der Waals surface area contributed by atoms with Gasteiger partial charge in [-0.05, 0) is 44.2 Å². The summed E-state index contributed by atoms with van der Waals surface area (Å²) in [4.78, 5) is 16.8. The Labute approximate surface area is 118 Å². The molecule has 2 aromatic heterocycles. The van der Waals surface area contributed by atoms with Gasteiger partial charge in [0.25, 0.3) is 5.56 Å². The van der Waals surface area contributed by atoms with Crippen molar-refractivity contribution >= 4 is 5.65 Å². The van der Waals surface area contributed by atoms with Gasteiger partial charge in [0.15, 0.2) is 5.65 Å². The lowest BCUT2D eigenvalue weighted by molar-refractivity contribution is 0.370. The zero-order chi connectivity index (χ0) is 14.1. The first-order chi connectivity index (χ1) is 9.63. The number of hydrogen-bond donors (Lipinski definition) is 2. The molecule has 5 heteroatoms. The van der Waals surface area contributed by atoms with E-state index < -0.39 is 0 Å². The summed E-state index contributed by atoms with van der Waals surface area (Å²) in [6.45, 7) is 6.36. The summed E-state index contributed by atoms with van der Waals surface area (Å²) in [5.74, 6) is 1.01. The molecular weight excluding hydrogens is 252 g/mol. The van der Waals surface area contributed by atoms with Crippen LogP contribution in [0.15, 0.2) is 16.9 Å². The topological polar surface area (TPSA) is 62.2 Å². The average molecular weight is 274 g/mol. The van der Waals surface area contributed by atoms with Gasteiger partial charge in [-0.25, -0.2) is 9.50 Å². The summed E-state index contributed by atoms with van der Waals surface area (Å²) in [6.07, 6.45) is 3.26. The summed E-state index contributed by atoms with van der Waals surface area (Å²) in [6, 6.07) is 3.66. The van der Waals surface area contributed by atoms with Crippen LogP contribution < -0.4 is 10.9 Å². The van der Waals surface area contributed by atoms with Gasteiger partial charge in [0, 0.05) is 23.5 Å². The highest BCUT2D eigenvalue weighted by Gasteiger charge is 2.16. The van der Waals surface area contributed by atoms with Crippen LogP contribution >= 0.6 is 0 Å². The molecule has 5 nitrogen and oxygen atoms in total. The molecule has 0 atom stereocenters. The van der Waals surface area contributed by atoms with E-state index in [0.29, 0.717) is 11.8 Å². The van der Waals surface area contributed by atoms with Crippen LogP contribution in [0.2, 0.25) is 0 Å². The highest BCUT2D eigenvalue weighted by molar-refractivity contribution is 5.40. The van der Waals surface area contributed by atoms with Crippen LogP contribution in [0.3, 0.4) is 0 Å². The molecular formula is C15H22N4O. The van der Waals surface area contributed by atoms with Crippen molar-refractivity contribution in [1.29, 1.82) is 0 Å². The molecule has 0 bridgehead atoms. The number of hydrogen-bond acceptors (Lipinski definition) is 3. The van der Waals surface area contributed by atoms with Gasteiger partial charge in [0.2, 0.25) is 0 Å². The highest BCUT2D eigenvalue weighted by Crippen LogP contribution is 2.17. The molecule has 0 amide bonds. The third-order valence-electron chi connectivity index (χ3n) is 4.10. The maximum absolute atomic E-state index is 12.2. The van der Waals surface area contributed by atoms with E-state index in [1.54, 1.807) is 10.6 Å². The van der Waals surface area contributed by atoms with E-state index in [1.165, 1.54) is 12.8 Å². The average Bonchev–Trinajstić information content (AvgIpc) is 2.84. The normalized spacial score (nSPS) is 17.1. The SMILES string of the molecule is CC(C)c1cc2nc(CC3CCNCC3)cc(=O)n2[nH]1. The fraction of sp³-hybridized carbons (Fsp3) is 0.600. The number of nitrogens with zero attached hydrogens (tertiary/aromatic N) is 2. The van der Waals surface area contributed by atoms with E-state index in [2.05, 4.69) is 29.2 Å². The number of piperidine rings is 1. The second-order valence-corrected chi connectivity index (χ2v) is 6.04. The van der Waals surface area contributed by atoms with Crippen LogP contribution in [0.1, 0.15) is 44.0 Å². The third-order valence-corrected chi connectivity index (χ3v) is 4.10. The second-order valence-electron chi connectivity index (χ2n) is 6.04. The van der Waals surface area contributed by atoms with E-state index in [-0.39, 0.29) is 5.56 Å². The van der Waals surface area contributed by atoms with Gasteiger partial charge in [-0.1, -0.05) is 13.8 Å². The quantitative estimate of drug-likeness (QED) is 0.895. The van der Waals surface area contributed by atoms with Crippen LogP contribution in [0.5, 0.6) is 0 Å². The van der Waals surface area contributed by atoms with Gasteiger partial charge in [0.05, 0.1) is 0 Å². The minimum absolute atomic E-state index is 0.00849. The van der Waals surface area contributed by atoms with E-state index in [9.17, 15) is 4.79 Å². The van der Waals surface area contributed by atoms with Crippen molar-refractivity contribution in [2.45, 2.75) is 39.0 Å². The van der Waals surface area contributed by atoms with Gasteiger partial charge in [-0.15, -0.1) is 0 Å². The Balaban J connectivity index is 1.90. The largest absolute Gasteiger partial charge is 0.317 e. The van der Waals surface area contributed by atoms with Gasteiger partial charge in [-0.3, -0.25) is 9.89 Å². The summed E-state index contributed by atoms with van der Waals surface area (Å²) >= 11 is 0. The maximum atomic E-state index is 12.2. The van der Waals surface area contributed by atoms with Crippen molar-refractivity contribution in [3.8, 4) is 0 Å². The summed E-state index contributed by atoms with van der Waals surface area (Å²) < 4.78 is 1.54. The minimum Gasteiger partial charge on any atom is -0.317 e. The number of nitrogens with one attached hydrogen (secondary N) is 2. The van der Waals surface area contributed by atoms with E-state index in [4.69, 9.17) is 0 Å². The summed E-state index contributed by atoms with van der Waals surface area (Å²) in [5.41, 5.74) is 2.71. The molecule has 3 rings (SSSR count). The van der Waals surface area contributed by atoms with Crippen molar-refractivity contribution in [3.05, 3.63) is 33.9 Å². The predicted molar refractivity (Wildman–Crippen MR) is 79.2 cm³/mol. The molecule has 1 saturated heterocycles. The van der Waals surface area contributed by atoms with Crippen LogP contribution in [0.25, 0.3) is 5.65 Å². The second kappa shape index (κ2) is 5.40. The fourth-order valence-corrected chi connectivity index (χ4v) is 2.84. The molecule has 0 saturated carbocycles. The lowest BCUT2D eigenvalue weighted by Crippen LogP contribution is -2.29. The molecule has 0 spiro atoms. The number of aromatic nitrogens is 3. The molecule has 1 fully saturated rings. The first-order valence-corrected chi connectivity index (χ1v) is 7.46. The summed E-state index contributed by atoms with van der Waals surface area (Å²) in [5, 5.41) is 6.49. The molecule has 0 aliphatic carbocycles. The number of aromatic amines is 1. The van der Waals surface area contributed by atoms with Gasteiger partial charge < -0.3 is 5.32 Å². The number of fused-ring (bicyclic) bond motifs is 1. The van der Waals surface area contributed by atoms with Crippen LogP contribution in [0.4, 0.5) is 0 Å².